The Morgan fingerprint density at radius 3 is 2.81 bits per heavy atom. The monoisotopic (exact) mass is 475 g/mol. The second-order valence-corrected chi connectivity index (χ2v) is 10.0. The number of halogens is 1. The summed E-state index contributed by atoms with van der Waals surface area (Å²) >= 11 is 9.34. The number of carbonyl (C=O) groups excluding carboxylic acids is 1. The molecule has 0 saturated carbocycles. The first-order valence-corrected chi connectivity index (χ1v) is 12.6. The number of aryl methyl sites for hydroxylation is 1. The molecule has 0 spiro atoms. The van der Waals surface area contributed by atoms with Crippen molar-refractivity contribution in [2.75, 3.05) is 50.0 Å². The number of thioether (sulfide) groups is 1. The van der Waals surface area contributed by atoms with Crippen molar-refractivity contribution < 1.29 is 9.53 Å². The molecule has 1 aliphatic heterocycles. The summed E-state index contributed by atoms with van der Waals surface area (Å²) in [4.78, 5) is 23.4. The quantitative estimate of drug-likeness (QED) is 0.424. The summed E-state index contributed by atoms with van der Waals surface area (Å²) in [6, 6.07) is 13.9. The zero-order chi connectivity index (χ0) is 21.6. The van der Waals surface area contributed by atoms with Gasteiger partial charge in [-0.15, -0.1) is 11.8 Å². The Balaban J connectivity index is 1.49. The van der Waals surface area contributed by atoms with E-state index < -0.39 is 0 Å². The lowest BCUT2D eigenvalue weighted by atomic mass is 10.2. The third-order valence-corrected chi connectivity index (χ3v) is 7.48. The van der Waals surface area contributed by atoms with Gasteiger partial charge < -0.3 is 4.74 Å². The maximum atomic E-state index is 13.2. The number of morpholine rings is 1. The number of benzene rings is 2. The Bertz CT molecular complexity index is 1020. The van der Waals surface area contributed by atoms with Gasteiger partial charge in [-0.3, -0.25) is 14.6 Å². The first-order chi connectivity index (χ1) is 15.1. The highest BCUT2D eigenvalue weighted by molar-refractivity contribution is 8.00. The third-order valence-electron chi connectivity index (χ3n) is 5.24. The standard InChI is InChI=1S/C23H26ClN3O2S2/c1-17-14-18(24)15-20-22(17)25-23(31-20)27(9-5-8-26-10-12-29-13-11-26)21(28)16-30-19-6-3-2-4-7-19/h2-4,6-7,14-15H,5,8-13,16H2,1H3. The lowest BCUT2D eigenvalue weighted by Crippen LogP contribution is -2.39. The number of hydrogen-bond donors (Lipinski definition) is 0. The van der Waals surface area contributed by atoms with Gasteiger partial charge in [-0.05, 0) is 43.2 Å². The van der Waals surface area contributed by atoms with Crippen molar-refractivity contribution in [2.45, 2.75) is 18.2 Å². The fourth-order valence-electron chi connectivity index (χ4n) is 3.60. The molecule has 5 nitrogen and oxygen atoms in total. The van der Waals surface area contributed by atoms with Crippen molar-refractivity contribution in [1.82, 2.24) is 9.88 Å². The number of fused-ring (bicyclic) bond motifs is 1. The molecule has 3 aromatic rings. The fraction of sp³-hybridized carbons (Fsp3) is 0.391. The zero-order valence-electron chi connectivity index (χ0n) is 17.6. The van der Waals surface area contributed by atoms with E-state index in [1.54, 1.807) is 11.8 Å². The van der Waals surface area contributed by atoms with Gasteiger partial charge >= 0.3 is 0 Å². The minimum Gasteiger partial charge on any atom is -0.379 e. The van der Waals surface area contributed by atoms with Crippen molar-refractivity contribution in [1.29, 1.82) is 0 Å². The summed E-state index contributed by atoms with van der Waals surface area (Å²) in [5.74, 6) is 0.468. The number of amides is 1. The van der Waals surface area contributed by atoms with Crippen molar-refractivity contribution in [3.05, 3.63) is 53.1 Å². The molecule has 0 aliphatic carbocycles. The van der Waals surface area contributed by atoms with E-state index in [9.17, 15) is 4.79 Å². The molecule has 4 rings (SSSR count). The number of nitrogens with zero attached hydrogens (tertiary/aromatic N) is 3. The summed E-state index contributed by atoms with van der Waals surface area (Å²) in [5, 5.41) is 1.45. The first kappa shape index (κ1) is 22.6. The molecule has 2 aromatic carbocycles. The lowest BCUT2D eigenvalue weighted by Gasteiger charge is -2.27. The van der Waals surface area contributed by atoms with Crippen LogP contribution < -0.4 is 4.90 Å². The normalized spacial score (nSPS) is 14.8. The van der Waals surface area contributed by atoms with Gasteiger partial charge in [-0.25, -0.2) is 4.98 Å². The molecular formula is C23H26ClN3O2S2. The van der Waals surface area contributed by atoms with E-state index in [0.29, 0.717) is 17.3 Å². The molecule has 0 N–H and O–H groups in total. The van der Waals surface area contributed by atoms with Crippen LogP contribution in [-0.2, 0) is 9.53 Å². The van der Waals surface area contributed by atoms with Crippen LogP contribution in [0.25, 0.3) is 10.2 Å². The van der Waals surface area contributed by atoms with Crippen molar-refractivity contribution >= 4 is 56.0 Å². The number of aromatic nitrogens is 1. The van der Waals surface area contributed by atoms with Gasteiger partial charge in [0.25, 0.3) is 0 Å². The van der Waals surface area contributed by atoms with Crippen LogP contribution in [0.1, 0.15) is 12.0 Å². The van der Waals surface area contributed by atoms with Crippen LogP contribution in [0, 0.1) is 6.92 Å². The minimum atomic E-state index is 0.0821. The van der Waals surface area contributed by atoms with E-state index in [1.165, 1.54) is 11.3 Å². The fourth-order valence-corrected chi connectivity index (χ4v) is 5.86. The Morgan fingerprint density at radius 2 is 2.03 bits per heavy atom. The molecule has 8 heteroatoms. The number of rotatable bonds is 8. The molecule has 1 fully saturated rings. The molecule has 31 heavy (non-hydrogen) atoms. The number of anilines is 1. The molecule has 1 amide bonds. The van der Waals surface area contributed by atoms with Crippen LogP contribution in [0.4, 0.5) is 5.13 Å². The molecule has 1 aromatic heterocycles. The maximum Gasteiger partial charge on any atom is 0.239 e. The van der Waals surface area contributed by atoms with Gasteiger partial charge in [-0.1, -0.05) is 41.1 Å². The van der Waals surface area contributed by atoms with Gasteiger partial charge in [0, 0.05) is 36.1 Å². The lowest BCUT2D eigenvalue weighted by molar-refractivity contribution is -0.116. The summed E-state index contributed by atoms with van der Waals surface area (Å²) in [6.07, 6.45) is 0.900. The average molecular weight is 476 g/mol. The van der Waals surface area contributed by atoms with Gasteiger partial charge in [-0.2, -0.15) is 0 Å². The number of thiazole rings is 1. The molecule has 2 heterocycles. The first-order valence-electron chi connectivity index (χ1n) is 10.4. The number of ether oxygens (including phenoxy) is 1. The van der Waals surface area contributed by atoms with Crippen molar-refractivity contribution in [3.63, 3.8) is 0 Å². The molecule has 164 valence electrons. The Hall–Kier alpha value is -1.64. The van der Waals surface area contributed by atoms with Crippen LogP contribution in [0.3, 0.4) is 0 Å². The second-order valence-electron chi connectivity index (χ2n) is 7.52. The number of hydrogen-bond acceptors (Lipinski definition) is 6. The SMILES string of the molecule is Cc1cc(Cl)cc2sc(N(CCCN3CCOCC3)C(=O)CSc3ccccc3)nc12. The van der Waals surface area contributed by atoms with Gasteiger partial charge in [0.05, 0.1) is 29.2 Å². The molecule has 1 saturated heterocycles. The predicted octanol–water partition coefficient (Wildman–Crippen LogP) is 5.11. The number of carbonyl (C=O) groups is 1. The van der Waals surface area contributed by atoms with E-state index in [1.807, 2.05) is 54.3 Å². The van der Waals surface area contributed by atoms with E-state index in [4.69, 9.17) is 21.3 Å². The molecule has 0 radical (unpaired) electrons. The highest BCUT2D eigenvalue weighted by atomic mass is 35.5. The van der Waals surface area contributed by atoms with Crippen LogP contribution in [0.2, 0.25) is 5.02 Å². The predicted molar refractivity (Wildman–Crippen MR) is 131 cm³/mol. The summed E-state index contributed by atoms with van der Waals surface area (Å²) in [7, 11) is 0. The Kier molecular flexibility index (Phi) is 7.85. The Morgan fingerprint density at radius 1 is 1.26 bits per heavy atom. The second kappa shape index (κ2) is 10.8. The van der Waals surface area contributed by atoms with E-state index >= 15 is 0 Å². The van der Waals surface area contributed by atoms with Crippen LogP contribution in [-0.4, -0.2) is 60.9 Å². The van der Waals surface area contributed by atoms with Crippen molar-refractivity contribution in [2.24, 2.45) is 0 Å². The van der Waals surface area contributed by atoms with Crippen molar-refractivity contribution in [3.8, 4) is 0 Å². The molecular weight excluding hydrogens is 450 g/mol. The maximum absolute atomic E-state index is 13.2. The topological polar surface area (TPSA) is 45.7 Å². The van der Waals surface area contributed by atoms with Crippen LogP contribution in [0.15, 0.2) is 47.4 Å². The van der Waals surface area contributed by atoms with E-state index in [0.717, 1.165) is 65.1 Å². The summed E-state index contributed by atoms with van der Waals surface area (Å²) in [5.41, 5.74) is 1.95. The smallest absolute Gasteiger partial charge is 0.239 e. The molecule has 0 unspecified atom stereocenters. The summed E-state index contributed by atoms with van der Waals surface area (Å²) in [6.45, 7) is 7.09. The average Bonchev–Trinajstić information content (AvgIpc) is 3.20. The van der Waals surface area contributed by atoms with Crippen LogP contribution in [0.5, 0.6) is 0 Å². The molecule has 0 atom stereocenters. The highest BCUT2D eigenvalue weighted by Crippen LogP contribution is 2.33. The highest BCUT2D eigenvalue weighted by Gasteiger charge is 2.21. The summed E-state index contributed by atoms with van der Waals surface area (Å²) < 4.78 is 6.45. The molecule has 0 bridgehead atoms. The minimum absolute atomic E-state index is 0.0821. The Labute approximate surface area is 196 Å². The third kappa shape index (κ3) is 5.99. The van der Waals surface area contributed by atoms with E-state index in [-0.39, 0.29) is 5.91 Å². The van der Waals surface area contributed by atoms with Gasteiger partial charge in [0.1, 0.15) is 0 Å². The largest absolute Gasteiger partial charge is 0.379 e. The van der Waals surface area contributed by atoms with Gasteiger partial charge in [0.15, 0.2) is 5.13 Å². The van der Waals surface area contributed by atoms with Gasteiger partial charge in [0.2, 0.25) is 5.91 Å². The molecule has 1 aliphatic rings. The van der Waals surface area contributed by atoms with Crippen LogP contribution >= 0.6 is 34.7 Å². The van der Waals surface area contributed by atoms with E-state index in [2.05, 4.69) is 4.90 Å². The zero-order valence-corrected chi connectivity index (χ0v) is 19.9.